The zero-order valence-electron chi connectivity index (χ0n) is 12.1. The zero-order valence-corrected chi connectivity index (χ0v) is 12.1. The summed E-state index contributed by atoms with van der Waals surface area (Å²) in [6, 6.07) is 16.1. The molecule has 3 N–H and O–H groups in total. The largest absolute Gasteiger partial charge is 0.289 e. The van der Waals surface area contributed by atoms with Crippen LogP contribution in [0.4, 0.5) is 0 Å². The molecule has 0 saturated heterocycles. The summed E-state index contributed by atoms with van der Waals surface area (Å²) in [6.45, 7) is 0. The lowest BCUT2D eigenvalue weighted by molar-refractivity contribution is -0.116. The van der Waals surface area contributed by atoms with Gasteiger partial charge in [0.1, 0.15) is 12.0 Å². The van der Waals surface area contributed by atoms with Gasteiger partial charge in [-0.15, -0.1) is 0 Å². The van der Waals surface area contributed by atoms with E-state index in [9.17, 15) is 9.59 Å². The second-order valence-electron chi connectivity index (χ2n) is 4.85. The van der Waals surface area contributed by atoms with Gasteiger partial charge < -0.3 is 0 Å². The van der Waals surface area contributed by atoms with Gasteiger partial charge in [0.25, 0.3) is 11.5 Å². The number of fused-ring (bicyclic) bond motifs is 1. The monoisotopic (exact) mass is 306 g/mol. The van der Waals surface area contributed by atoms with Crippen LogP contribution in [0, 0.1) is 0 Å². The van der Waals surface area contributed by atoms with E-state index < -0.39 is 5.91 Å². The molecule has 0 fully saturated rings. The molecule has 23 heavy (non-hydrogen) atoms. The number of nitrogens with zero attached hydrogens (tertiary/aromatic N) is 2. The van der Waals surface area contributed by atoms with Crippen molar-refractivity contribution >= 4 is 28.6 Å². The summed E-state index contributed by atoms with van der Waals surface area (Å²) >= 11 is 0. The lowest BCUT2D eigenvalue weighted by atomic mass is 10.2. The van der Waals surface area contributed by atoms with Crippen molar-refractivity contribution in [2.45, 2.75) is 0 Å². The molecule has 2 aromatic carbocycles. The maximum absolute atomic E-state index is 12.6. The molecule has 0 unspecified atom stereocenters. The van der Waals surface area contributed by atoms with Gasteiger partial charge in [-0.3, -0.25) is 19.6 Å². The topological polar surface area (TPSA) is 90.0 Å². The minimum absolute atomic E-state index is 0.0990. The number of rotatable bonds is 3. The molecule has 1 heterocycles. The van der Waals surface area contributed by atoms with Crippen LogP contribution in [0.1, 0.15) is 5.56 Å². The Balaban J connectivity index is 2.22. The van der Waals surface area contributed by atoms with Crippen LogP contribution in [0.2, 0.25) is 0 Å². The van der Waals surface area contributed by atoms with Crippen molar-refractivity contribution in [3.05, 3.63) is 76.8 Å². The van der Waals surface area contributed by atoms with Crippen LogP contribution in [0.3, 0.4) is 0 Å². The fraction of sp³-hybridized carbons (Fsp3) is 0. The Hall–Kier alpha value is -3.25. The van der Waals surface area contributed by atoms with E-state index in [0.717, 1.165) is 5.56 Å². The molecule has 1 aromatic heterocycles. The standard InChI is InChI=1S/C17H14N4O2/c18-20-16(22)15(10-12-6-2-1-3-7-12)21-11-19-14-9-5-4-8-13(14)17(21)23/h1-11H,18H2,(H,20,22). The molecular formula is C17H14N4O2. The molecule has 0 aliphatic carbocycles. The number of hydrogen-bond acceptors (Lipinski definition) is 4. The van der Waals surface area contributed by atoms with Crippen molar-refractivity contribution in [3.63, 3.8) is 0 Å². The second kappa shape index (κ2) is 6.25. The molecule has 1 amide bonds. The van der Waals surface area contributed by atoms with Gasteiger partial charge in [0, 0.05) is 0 Å². The molecule has 6 heteroatoms. The summed E-state index contributed by atoms with van der Waals surface area (Å²) in [5.41, 5.74) is 3.17. The van der Waals surface area contributed by atoms with Crippen molar-refractivity contribution in [2.24, 2.45) is 5.84 Å². The number of amides is 1. The molecule has 0 saturated carbocycles. The number of benzene rings is 2. The maximum Gasteiger partial charge on any atom is 0.282 e. The number of carbonyl (C=O) groups is 1. The molecule has 0 radical (unpaired) electrons. The van der Waals surface area contributed by atoms with Crippen LogP contribution in [0.5, 0.6) is 0 Å². The summed E-state index contributed by atoms with van der Waals surface area (Å²) in [5.74, 6) is 4.67. The minimum Gasteiger partial charge on any atom is -0.289 e. The van der Waals surface area contributed by atoms with Gasteiger partial charge in [-0.05, 0) is 23.8 Å². The SMILES string of the molecule is NNC(=O)C(=Cc1ccccc1)n1cnc2ccccc2c1=O. The third kappa shape index (κ3) is 2.88. The summed E-state index contributed by atoms with van der Waals surface area (Å²) < 4.78 is 1.19. The van der Waals surface area contributed by atoms with E-state index in [0.29, 0.717) is 10.9 Å². The zero-order chi connectivity index (χ0) is 16.2. The number of aromatic nitrogens is 2. The van der Waals surface area contributed by atoms with Gasteiger partial charge in [0.2, 0.25) is 0 Å². The van der Waals surface area contributed by atoms with Gasteiger partial charge in [-0.1, -0.05) is 42.5 Å². The van der Waals surface area contributed by atoms with Crippen LogP contribution in [-0.4, -0.2) is 15.5 Å². The number of para-hydroxylation sites is 1. The van der Waals surface area contributed by atoms with Gasteiger partial charge in [0.05, 0.1) is 10.9 Å². The summed E-state index contributed by atoms with van der Waals surface area (Å²) in [6.07, 6.45) is 2.91. The number of carbonyl (C=O) groups excluding carboxylic acids is 1. The highest BCUT2D eigenvalue weighted by molar-refractivity contribution is 6.18. The Morgan fingerprint density at radius 2 is 1.78 bits per heavy atom. The van der Waals surface area contributed by atoms with Crippen LogP contribution in [0.25, 0.3) is 22.7 Å². The molecule has 114 valence electrons. The Morgan fingerprint density at radius 1 is 1.09 bits per heavy atom. The van der Waals surface area contributed by atoms with Crippen molar-refractivity contribution in [1.29, 1.82) is 0 Å². The molecule has 0 spiro atoms. The Bertz CT molecular complexity index is 945. The van der Waals surface area contributed by atoms with E-state index >= 15 is 0 Å². The highest BCUT2D eigenvalue weighted by Crippen LogP contribution is 2.12. The van der Waals surface area contributed by atoms with Gasteiger partial charge in [-0.25, -0.2) is 10.8 Å². The smallest absolute Gasteiger partial charge is 0.282 e. The lowest BCUT2D eigenvalue weighted by Crippen LogP contribution is -2.35. The lowest BCUT2D eigenvalue weighted by Gasteiger charge is -2.10. The average Bonchev–Trinajstić information content (AvgIpc) is 2.61. The average molecular weight is 306 g/mol. The summed E-state index contributed by atoms with van der Waals surface area (Å²) in [4.78, 5) is 29.0. The summed E-state index contributed by atoms with van der Waals surface area (Å²) in [7, 11) is 0. The first kappa shape index (κ1) is 14.7. The number of nitrogens with two attached hydrogens (primary N) is 1. The quantitative estimate of drug-likeness (QED) is 0.331. The van der Waals surface area contributed by atoms with Gasteiger partial charge >= 0.3 is 0 Å². The molecule has 0 aliphatic heterocycles. The predicted molar refractivity (Wildman–Crippen MR) is 88.9 cm³/mol. The molecule has 3 aromatic rings. The van der Waals surface area contributed by atoms with Crippen LogP contribution < -0.4 is 16.8 Å². The van der Waals surface area contributed by atoms with Crippen LogP contribution in [-0.2, 0) is 4.79 Å². The van der Waals surface area contributed by atoms with E-state index in [1.165, 1.54) is 10.9 Å². The van der Waals surface area contributed by atoms with Crippen molar-refractivity contribution in [1.82, 2.24) is 15.0 Å². The highest BCUT2D eigenvalue weighted by Gasteiger charge is 2.14. The Morgan fingerprint density at radius 3 is 2.52 bits per heavy atom. The molecule has 0 aliphatic rings. The first-order chi connectivity index (χ1) is 11.2. The normalized spacial score (nSPS) is 11.4. The van der Waals surface area contributed by atoms with Crippen molar-refractivity contribution in [3.8, 4) is 0 Å². The highest BCUT2D eigenvalue weighted by atomic mass is 16.2. The fourth-order valence-electron chi connectivity index (χ4n) is 2.27. The number of hydrogen-bond donors (Lipinski definition) is 2. The first-order valence-corrected chi connectivity index (χ1v) is 6.95. The van der Waals surface area contributed by atoms with E-state index in [1.54, 1.807) is 30.3 Å². The third-order valence-corrected chi connectivity index (χ3v) is 3.39. The Kier molecular flexibility index (Phi) is 3.99. The third-order valence-electron chi connectivity index (χ3n) is 3.39. The first-order valence-electron chi connectivity index (χ1n) is 6.95. The maximum atomic E-state index is 12.6. The van der Waals surface area contributed by atoms with E-state index in [4.69, 9.17) is 5.84 Å². The molecule has 0 atom stereocenters. The van der Waals surface area contributed by atoms with E-state index in [-0.39, 0.29) is 11.3 Å². The van der Waals surface area contributed by atoms with E-state index in [1.807, 2.05) is 30.3 Å². The van der Waals surface area contributed by atoms with Crippen molar-refractivity contribution in [2.75, 3.05) is 0 Å². The van der Waals surface area contributed by atoms with Crippen LogP contribution >= 0.6 is 0 Å². The molecule has 6 nitrogen and oxygen atoms in total. The minimum atomic E-state index is -0.576. The fourth-order valence-corrected chi connectivity index (χ4v) is 2.27. The van der Waals surface area contributed by atoms with Crippen LogP contribution in [0.15, 0.2) is 65.7 Å². The number of hydrazine groups is 1. The molecule has 3 rings (SSSR count). The van der Waals surface area contributed by atoms with E-state index in [2.05, 4.69) is 10.4 Å². The second-order valence-corrected chi connectivity index (χ2v) is 4.85. The Labute approximate surface area is 131 Å². The predicted octanol–water partition coefficient (Wildman–Crippen LogP) is 1.38. The molecular weight excluding hydrogens is 292 g/mol. The van der Waals surface area contributed by atoms with Crippen molar-refractivity contribution < 1.29 is 4.79 Å². The van der Waals surface area contributed by atoms with Gasteiger partial charge in [-0.2, -0.15) is 0 Å². The molecule has 0 bridgehead atoms. The van der Waals surface area contributed by atoms with Gasteiger partial charge in [0.15, 0.2) is 0 Å². The summed E-state index contributed by atoms with van der Waals surface area (Å²) in [5, 5.41) is 0.429. The number of nitrogens with one attached hydrogen (secondary N) is 1.